The van der Waals surface area contributed by atoms with Crippen LogP contribution in [0.1, 0.15) is 32.2 Å². The molecule has 0 unspecified atom stereocenters. The molecule has 0 atom stereocenters. The highest BCUT2D eigenvalue weighted by Gasteiger charge is 2.21. The second-order valence-electron chi connectivity index (χ2n) is 6.21. The highest BCUT2D eigenvalue weighted by atomic mass is 32.2. The standard InChI is InChI=1S/C16H19F2N3O3S/c1-16(2,3)13-20-21-15(24-13)25-9-12(22)19-8-10-4-6-11(7-5-10)23-14(17)18/h4-7,14H,8-9H2,1-3H3,(H,19,22). The Morgan fingerprint density at radius 3 is 2.52 bits per heavy atom. The summed E-state index contributed by atoms with van der Waals surface area (Å²) < 4.78 is 33.9. The summed E-state index contributed by atoms with van der Waals surface area (Å²) in [7, 11) is 0. The van der Waals surface area contributed by atoms with Crippen LogP contribution >= 0.6 is 11.8 Å². The van der Waals surface area contributed by atoms with Gasteiger partial charge in [-0.3, -0.25) is 4.79 Å². The fraction of sp³-hybridized carbons (Fsp3) is 0.438. The Kier molecular flexibility index (Phi) is 6.35. The highest BCUT2D eigenvalue weighted by Crippen LogP contribution is 2.24. The Bertz CT molecular complexity index is 699. The molecular formula is C16H19F2N3O3S. The number of rotatable bonds is 7. The largest absolute Gasteiger partial charge is 0.435 e. The summed E-state index contributed by atoms with van der Waals surface area (Å²) in [6, 6.07) is 6.07. The fourth-order valence-electron chi connectivity index (χ4n) is 1.74. The molecule has 2 rings (SSSR count). The van der Waals surface area contributed by atoms with Crippen LogP contribution in [0.3, 0.4) is 0 Å². The Labute approximate surface area is 148 Å². The molecule has 6 nitrogen and oxygen atoms in total. The summed E-state index contributed by atoms with van der Waals surface area (Å²) in [6.45, 7) is 3.30. The minimum Gasteiger partial charge on any atom is -0.435 e. The quantitative estimate of drug-likeness (QED) is 0.752. The van der Waals surface area contributed by atoms with E-state index >= 15 is 0 Å². The Balaban J connectivity index is 1.76. The van der Waals surface area contributed by atoms with Crippen molar-refractivity contribution >= 4 is 17.7 Å². The van der Waals surface area contributed by atoms with E-state index in [1.807, 2.05) is 20.8 Å². The number of nitrogens with zero attached hydrogens (tertiary/aromatic N) is 2. The van der Waals surface area contributed by atoms with E-state index in [1.165, 1.54) is 12.1 Å². The third-order valence-corrected chi connectivity index (χ3v) is 3.83. The number of nitrogens with one attached hydrogen (secondary N) is 1. The van der Waals surface area contributed by atoms with E-state index in [9.17, 15) is 13.6 Å². The van der Waals surface area contributed by atoms with Crippen molar-refractivity contribution in [1.82, 2.24) is 15.5 Å². The maximum atomic E-state index is 12.1. The van der Waals surface area contributed by atoms with Crippen molar-refractivity contribution in [2.75, 3.05) is 5.75 Å². The van der Waals surface area contributed by atoms with Crippen molar-refractivity contribution in [1.29, 1.82) is 0 Å². The minimum atomic E-state index is -2.86. The molecule has 2 aromatic rings. The molecule has 1 aromatic carbocycles. The first-order chi connectivity index (χ1) is 11.7. The molecule has 0 fully saturated rings. The van der Waals surface area contributed by atoms with Gasteiger partial charge in [0.15, 0.2) is 0 Å². The van der Waals surface area contributed by atoms with Crippen LogP contribution in [-0.4, -0.2) is 28.5 Å². The van der Waals surface area contributed by atoms with E-state index in [1.54, 1.807) is 12.1 Å². The molecule has 1 amide bonds. The number of hydrogen-bond acceptors (Lipinski definition) is 6. The number of ether oxygens (including phenoxy) is 1. The van der Waals surface area contributed by atoms with Crippen LogP contribution in [0.5, 0.6) is 5.75 Å². The van der Waals surface area contributed by atoms with Gasteiger partial charge in [0.25, 0.3) is 5.22 Å². The van der Waals surface area contributed by atoms with Gasteiger partial charge in [0, 0.05) is 12.0 Å². The molecule has 0 saturated carbocycles. The van der Waals surface area contributed by atoms with E-state index in [4.69, 9.17) is 4.42 Å². The number of carbonyl (C=O) groups is 1. The summed E-state index contributed by atoms with van der Waals surface area (Å²) in [5.41, 5.74) is 0.529. The van der Waals surface area contributed by atoms with E-state index in [2.05, 4.69) is 20.3 Å². The Morgan fingerprint density at radius 1 is 1.28 bits per heavy atom. The topological polar surface area (TPSA) is 77.2 Å². The van der Waals surface area contributed by atoms with E-state index in [-0.39, 0.29) is 29.4 Å². The van der Waals surface area contributed by atoms with Crippen molar-refractivity contribution in [3.05, 3.63) is 35.7 Å². The normalized spacial score (nSPS) is 11.6. The summed E-state index contributed by atoms with van der Waals surface area (Å²) in [5.74, 6) is 0.528. The number of amides is 1. The smallest absolute Gasteiger partial charge is 0.387 e. The van der Waals surface area contributed by atoms with Gasteiger partial charge >= 0.3 is 6.61 Å². The van der Waals surface area contributed by atoms with Gasteiger partial charge < -0.3 is 14.5 Å². The highest BCUT2D eigenvalue weighted by molar-refractivity contribution is 7.99. The lowest BCUT2D eigenvalue weighted by Crippen LogP contribution is -2.24. The predicted molar refractivity (Wildman–Crippen MR) is 88.6 cm³/mol. The van der Waals surface area contributed by atoms with Crippen LogP contribution in [-0.2, 0) is 16.8 Å². The second kappa shape index (κ2) is 8.28. The minimum absolute atomic E-state index is 0.0756. The monoisotopic (exact) mass is 371 g/mol. The lowest BCUT2D eigenvalue weighted by molar-refractivity contribution is -0.118. The third-order valence-electron chi connectivity index (χ3n) is 3.01. The van der Waals surface area contributed by atoms with Gasteiger partial charge in [0.2, 0.25) is 11.8 Å². The van der Waals surface area contributed by atoms with Crippen molar-refractivity contribution in [2.45, 2.75) is 44.6 Å². The molecule has 0 bridgehead atoms. The molecule has 0 aliphatic heterocycles. The maximum absolute atomic E-state index is 12.1. The molecule has 9 heteroatoms. The zero-order chi connectivity index (χ0) is 18.4. The van der Waals surface area contributed by atoms with Crippen molar-refractivity contribution < 1.29 is 22.7 Å². The molecule has 0 saturated heterocycles. The van der Waals surface area contributed by atoms with E-state index in [0.29, 0.717) is 11.1 Å². The van der Waals surface area contributed by atoms with Crippen molar-refractivity contribution in [3.63, 3.8) is 0 Å². The molecule has 1 N–H and O–H groups in total. The maximum Gasteiger partial charge on any atom is 0.387 e. The van der Waals surface area contributed by atoms with Crippen LogP contribution < -0.4 is 10.1 Å². The van der Waals surface area contributed by atoms with Gasteiger partial charge in [-0.1, -0.05) is 44.7 Å². The lowest BCUT2D eigenvalue weighted by atomic mass is 9.97. The Hall–Kier alpha value is -2.16. The molecule has 0 radical (unpaired) electrons. The van der Waals surface area contributed by atoms with Crippen LogP contribution in [0, 0.1) is 0 Å². The van der Waals surface area contributed by atoms with Gasteiger partial charge in [0.05, 0.1) is 5.75 Å². The molecule has 0 aliphatic carbocycles. The third kappa shape index (κ3) is 6.33. The SMILES string of the molecule is CC(C)(C)c1nnc(SCC(=O)NCc2ccc(OC(F)F)cc2)o1. The lowest BCUT2D eigenvalue weighted by Gasteiger charge is -2.10. The number of benzene rings is 1. The van der Waals surface area contributed by atoms with Crippen molar-refractivity contribution in [3.8, 4) is 5.75 Å². The second-order valence-corrected chi connectivity index (χ2v) is 7.14. The first kappa shape index (κ1) is 19.2. The van der Waals surface area contributed by atoms with Crippen LogP contribution in [0.4, 0.5) is 8.78 Å². The molecule has 25 heavy (non-hydrogen) atoms. The van der Waals surface area contributed by atoms with E-state index < -0.39 is 6.61 Å². The average Bonchev–Trinajstić information content (AvgIpc) is 3.01. The first-order valence-electron chi connectivity index (χ1n) is 7.51. The van der Waals surface area contributed by atoms with Crippen LogP contribution in [0.15, 0.2) is 33.9 Å². The summed E-state index contributed by atoms with van der Waals surface area (Å²) in [6.07, 6.45) is 0. The van der Waals surface area contributed by atoms with Crippen molar-refractivity contribution in [2.24, 2.45) is 0 Å². The van der Waals surface area contributed by atoms with Crippen LogP contribution in [0.2, 0.25) is 0 Å². The molecule has 0 spiro atoms. The fourth-order valence-corrected chi connectivity index (χ4v) is 2.33. The molecule has 1 aromatic heterocycles. The summed E-state index contributed by atoms with van der Waals surface area (Å²) >= 11 is 1.15. The Morgan fingerprint density at radius 2 is 1.96 bits per heavy atom. The van der Waals surface area contributed by atoms with E-state index in [0.717, 1.165) is 17.3 Å². The zero-order valence-corrected chi connectivity index (χ0v) is 14.9. The molecule has 136 valence electrons. The molecular weight excluding hydrogens is 352 g/mol. The van der Waals surface area contributed by atoms with Crippen LogP contribution in [0.25, 0.3) is 0 Å². The summed E-state index contributed by atoms with van der Waals surface area (Å²) in [5, 5.41) is 10.9. The molecule has 0 aliphatic rings. The van der Waals surface area contributed by atoms with Gasteiger partial charge in [-0.15, -0.1) is 10.2 Å². The number of carbonyl (C=O) groups excluding carboxylic acids is 1. The number of thioether (sulfide) groups is 1. The first-order valence-corrected chi connectivity index (χ1v) is 8.50. The summed E-state index contributed by atoms with van der Waals surface area (Å²) in [4.78, 5) is 11.9. The van der Waals surface area contributed by atoms with Gasteiger partial charge in [-0.2, -0.15) is 8.78 Å². The van der Waals surface area contributed by atoms with Gasteiger partial charge in [-0.25, -0.2) is 0 Å². The van der Waals surface area contributed by atoms with Gasteiger partial charge in [-0.05, 0) is 17.7 Å². The van der Waals surface area contributed by atoms with Gasteiger partial charge in [0.1, 0.15) is 5.75 Å². The number of alkyl halides is 2. The average molecular weight is 371 g/mol. The zero-order valence-electron chi connectivity index (χ0n) is 14.1. The predicted octanol–water partition coefficient (Wildman–Crippen LogP) is 3.38. The number of halogens is 2. The number of hydrogen-bond donors (Lipinski definition) is 1. The number of aromatic nitrogens is 2. The molecule has 1 heterocycles.